The lowest BCUT2D eigenvalue weighted by Gasteiger charge is -2.03. The molecule has 0 aliphatic heterocycles. The molecule has 7 nitrogen and oxygen atoms in total. The van der Waals surface area contributed by atoms with Gasteiger partial charge in [0.25, 0.3) is 0 Å². The van der Waals surface area contributed by atoms with Crippen LogP contribution in [0.25, 0.3) is 0 Å². The molecule has 2 aromatic rings. The summed E-state index contributed by atoms with van der Waals surface area (Å²) in [4.78, 5) is 22.6. The van der Waals surface area contributed by atoms with Gasteiger partial charge in [-0.2, -0.15) is 15.4 Å². The highest BCUT2D eigenvalue weighted by Crippen LogP contribution is 2.07. The number of aromatic nitrogens is 3. The molecule has 1 N–H and O–H groups in total. The van der Waals surface area contributed by atoms with Crippen LogP contribution in [0.4, 0.5) is 0 Å². The van der Waals surface area contributed by atoms with Crippen molar-refractivity contribution < 1.29 is 19.1 Å². The van der Waals surface area contributed by atoms with E-state index in [1.807, 2.05) is 0 Å². The Morgan fingerprint density at radius 1 is 0.905 bits per heavy atom. The zero-order valence-electron chi connectivity index (χ0n) is 11.9. The van der Waals surface area contributed by atoms with Crippen molar-refractivity contribution >= 4 is 11.9 Å². The number of rotatable bonds is 4. The number of hydrogen-bond donors (Lipinski definition) is 1. The largest absolute Gasteiger partial charge is 0.462 e. The molecule has 1 aromatic heterocycles. The summed E-state index contributed by atoms with van der Waals surface area (Å²) in [6.07, 6.45) is 3.17. The third-order valence-electron chi connectivity index (χ3n) is 2.24. The molecule has 0 radical (unpaired) electrons. The van der Waals surface area contributed by atoms with Gasteiger partial charge in [0.15, 0.2) is 0 Å². The Balaban J connectivity index is 0.000000369. The number of benzene rings is 1. The van der Waals surface area contributed by atoms with Crippen LogP contribution in [-0.2, 0) is 9.47 Å². The minimum atomic E-state index is -0.391. The molecule has 0 saturated carbocycles. The Bertz CT molecular complexity index is 484. The molecule has 7 heteroatoms. The van der Waals surface area contributed by atoms with E-state index < -0.39 is 11.9 Å². The van der Waals surface area contributed by atoms with Gasteiger partial charge in [0.05, 0.1) is 36.7 Å². The summed E-state index contributed by atoms with van der Waals surface area (Å²) < 4.78 is 9.64. The molecule has 112 valence electrons. The van der Waals surface area contributed by atoms with Crippen molar-refractivity contribution in [1.82, 2.24) is 15.4 Å². The maximum absolute atomic E-state index is 11.3. The van der Waals surface area contributed by atoms with Crippen LogP contribution in [0.3, 0.4) is 0 Å². The lowest BCUT2D eigenvalue weighted by atomic mass is 10.1. The second-order valence-electron chi connectivity index (χ2n) is 3.67. The van der Waals surface area contributed by atoms with Gasteiger partial charge in [0.1, 0.15) is 0 Å². The molecule has 0 fully saturated rings. The van der Waals surface area contributed by atoms with E-state index >= 15 is 0 Å². The van der Waals surface area contributed by atoms with Gasteiger partial charge in [0.2, 0.25) is 0 Å². The summed E-state index contributed by atoms with van der Waals surface area (Å²) in [5.74, 6) is -0.782. The molecule has 0 amide bonds. The molecular formula is C14H17N3O4. The fourth-order valence-electron chi connectivity index (χ4n) is 1.34. The molecule has 0 bridgehead atoms. The van der Waals surface area contributed by atoms with E-state index in [0.717, 1.165) is 0 Å². The second kappa shape index (κ2) is 9.24. The highest BCUT2D eigenvalue weighted by atomic mass is 16.5. The molecule has 0 aliphatic carbocycles. The predicted octanol–water partition coefficient (Wildman–Crippen LogP) is 1.84. The van der Waals surface area contributed by atoms with Crippen molar-refractivity contribution in [3.8, 4) is 0 Å². The van der Waals surface area contributed by atoms with Crippen LogP contribution in [0.1, 0.15) is 34.6 Å². The smallest absolute Gasteiger partial charge is 0.338 e. The van der Waals surface area contributed by atoms with E-state index in [4.69, 9.17) is 9.47 Å². The van der Waals surface area contributed by atoms with Crippen LogP contribution in [0.5, 0.6) is 0 Å². The minimum Gasteiger partial charge on any atom is -0.462 e. The molecule has 21 heavy (non-hydrogen) atoms. The Hall–Kier alpha value is -2.70. The number of H-pyrrole nitrogens is 1. The molecule has 1 heterocycles. The number of nitrogens with one attached hydrogen (secondary N) is 1. The van der Waals surface area contributed by atoms with Crippen molar-refractivity contribution in [2.45, 2.75) is 13.8 Å². The van der Waals surface area contributed by atoms with Crippen LogP contribution in [0.15, 0.2) is 36.7 Å². The van der Waals surface area contributed by atoms with Crippen LogP contribution >= 0.6 is 0 Å². The van der Waals surface area contributed by atoms with Gasteiger partial charge in [-0.1, -0.05) is 0 Å². The average Bonchev–Trinajstić information content (AvgIpc) is 3.07. The average molecular weight is 291 g/mol. The van der Waals surface area contributed by atoms with Crippen molar-refractivity contribution in [2.24, 2.45) is 0 Å². The maximum Gasteiger partial charge on any atom is 0.338 e. The molecule has 1 aromatic carbocycles. The molecule has 0 atom stereocenters. The van der Waals surface area contributed by atoms with Gasteiger partial charge in [-0.05, 0) is 38.1 Å². The van der Waals surface area contributed by atoms with Crippen molar-refractivity contribution in [2.75, 3.05) is 13.2 Å². The van der Waals surface area contributed by atoms with Gasteiger partial charge in [0, 0.05) is 0 Å². The SMILES string of the molecule is CCOC(=O)c1ccc(C(=O)OCC)cc1.c1cn[nH]n1. The summed E-state index contributed by atoms with van der Waals surface area (Å²) >= 11 is 0. The summed E-state index contributed by atoms with van der Waals surface area (Å²) in [5.41, 5.74) is 0.852. The Kier molecular flexibility index (Phi) is 7.20. The number of carbonyl (C=O) groups is 2. The standard InChI is InChI=1S/C12H14O4.C2H3N3/c1-3-15-11(13)9-5-7-10(8-6-9)12(14)16-4-2;1-2-4-5-3-1/h5-8H,3-4H2,1-2H3;1-2H,(H,3,4,5). The summed E-state index contributed by atoms with van der Waals surface area (Å²) in [6, 6.07) is 6.18. The van der Waals surface area contributed by atoms with Crippen molar-refractivity contribution in [3.63, 3.8) is 0 Å². The maximum atomic E-state index is 11.3. The zero-order valence-corrected chi connectivity index (χ0v) is 11.9. The molecule has 2 rings (SSSR count). The normalized spacial score (nSPS) is 9.24. The van der Waals surface area contributed by atoms with E-state index in [2.05, 4.69) is 15.4 Å². The Morgan fingerprint density at radius 3 is 1.52 bits per heavy atom. The first kappa shape index (κ1) is 16.4. The van der Waals surface area contributed by atoms with Crippen LogP contribution in [0.2, 0.25) is 0 Å². The number of aromatic amines is 1. The van der Waals surface area contributed by atoms with Crippen LogP contribution < -0.4 is 0 Å². The number of esters is 2. The first-order chi connectivity index (χ1) is 10.2. The van der Waals surface area contributed by atoms with E-state index in [1.54, 1.807) is 50.5 Å². The van der Waals surface area contributed by atoms with E-state index in [1.165, 1.54) is 0 Å². The van der Waals surface area contributed by atoms with Crippen molar-refractivity contribution in [1.29, 1.82) is 0 Å². The van der Waals surface area contributed by atoms with Crippen molar-refractivity contribution in [3.05, 3.63) is 47.8 Å². The molecule has 0 spiro atoms. The number of nitrogens with zero attached hydrogens (tertiary/aromatic N) is 2. The van der Waals surface area contributed by atoms with Crippen LogP contribution in [-0.4, -0.2) is 40.6 Å². The Morgan fingerprint density at radius 2 is 1.29 bits per heavy atom. The fourth-order valence-corrected chi connectivity index (χ4v) is 1.34. The molecule has 0 aliphatic rings. The third kappa shape index (κ3) is 5.85. The summed E-state index contributed by atoms with van der Waals surface area (Å²) in [5, 5.41) is 9.33. The number of carbonyl (C=O) groups excluding carboxylic acids is 2. The van der Waals surface area contributed by atoms with E-state index in [-0.39, 0.29) is 0 Å². The van der Waals surface area contributed by atoms with Gasteiger partial charge >= 0.3 is 11.9 Å². The molecule has 0 saturated heterocycles. The number of hydrogen-bond acceptors (Lipinski definition) is 6. The van der Waals surface area contributed by atoms with Gasteiger partial charge in [-0.3, -0.25) is 0 Å². The zero-order chi connectivity index (χ0) is 15.5. The van der Waals surface area contributed by atoms with Gasteiger partial charge in [-0.25, -0.2) is 9.59 Å². The minimum absolute atomic E-state index is 0.332. The lowest BCUT2D eigenvalue weighted by Crippen LogP contribution is -2.07. The summed E-state index contributed by atoms with van der Waals surface area (Å²) in [7, 11) is 0. The highest BCUT2D eigenvalue weighted by Gasteiger charge is 2.09. The monoisotopic (exact) mass is 291 g/mol. The highest BCUT2D eigenvalue weighted by molar-refractivity contribution is 5.93. The molecular weight excluding hydrogens is 274 g/mol. The quantitative estimate of drug-likeness (QED) is 0.864. The topological polar surface area (TPSA) is 94.2 Å². The fraction of sp³-hybridized carbons (Fsp3) is 0.286. The second-order valence-corrected chi connectivity index (χ2v) is 3.67. The molecule has 0 unspecified atom stereocenters. The first-order valence-corrected chi connectivity index (χ1v) is 6.43. The number of ether oxygens (including phenoxy) is 2. The Labute approximate surface area is 122 Å². The van der Waals surface area contributed by atoms with Gasteiger partial charge < -0.3 is 9.47 Å². The first-order valence-electron chi connectivity index (χ1n) is 6.43. The third-order valence-corrected chi connectivity index (χ3v) is 2.24. The van der Waals surface area contributed by atoms with E-state index in [9.17, 15) is 9.59 Å². The summed E-state index contributed by atoms with van der Waals surface area (Å²) in [6.45, 7) is 4.15. The van der Waals surface area contributed by atoms with Gasteiger partial charge in [-0.15, -0.1) is 0 Å². The lowest BCUT2D eigenvalue weighted by molar-refractivity contribution is 0.0511. The van der Waals surface area contributed by atoms with Crippen LogP contribution in [0, 0.1) is 0 Å². The van der Waals surface area contributed by atoms with E-state index in [0.29, 0.717) is 24.3 Å². The predicted molar refractivity (Wildman–Crippen MR) is 74.7 cm³/mol.